The van der Waals surface area contributed by atoms with Crippen molar-refractivity contribution in [3.05, 3.63) is 33.8 Å². The Hall–Kier alpha value is -1.02. The largest absolute Gasteiger partial charge is 0.478 e. The summed E-state index contributed by atoms with van der Waals surface area (Å²) in [4.78, 5) is 10.7. The summed E-state index contributed by atoms with van der Waals surface area (Å²) in [7, 11) is 0. The predicted octanol–water partition coefficient (Wildman–Crippen LogP) is 3.94. The van der Waals surface area contributed by atoms with Crippen LogP contribution in [0.25, 0.3) is 0 Å². The average molecular weight is 229 g/mol. The number of halogens is 1. The summed E-state index contributed by atoms with van der Waals surface area (Å²) >= 11 is 5.88. The van der Waals surface area contributed by atoms with E-state index in [9.17, 15) is 4.79 Å². The highest BCUT2D eigenvalue weighted by Crippen LogP contribution is 2.22. The molecule has 0 bridgehead atoms. The number of carbonyl (C=O) groups is 1. The molecule has 0 radical (unpaired) electrons. The summed E-state index contributed by atoms with van der Waals surface area (Å²) in [6, 6.07) is 3.15. The summed E-state index contributed by atoms with van der Waals surface area (Å²) in [5.41, 5.74) is 2.21. The third kappa shape index (κ3) is 3.56. The molecule has 1 aromatic rings. The third-order valence-electron chi connectivity index (χ3n) is 2.08. The van der Waals surface area contributed by atoms with Crippen molar-refractivity contribution in [2.24, 2.45) is 0 Å². The summed E-state index contributed by atoms with van der Waals surface area (Å²) in [5.74, 6) is -0.934. The Balaban J connectivity index is 0.000000921. The Kier molecular flexibility index (Phi) is 6.02. The SMILES string of the molecule is CC.CCc1cc(C(=O)O)cc(Cl)c1C. The Labute approximate surface area is 95.9 Å². The second-order valence-electron chi connectivity index (χ2n) is 2.90. The summed E-state index contributed by atoms with van der Waals surface area (Å²) < 4.78 is 0. The van der Waals surface area contributed by atoms with Gasteiger partial charge in [-0.25, -0.2) is 4.79 Å². The lowest BCUT2D eigenvalue weighted by Crippen LogP contribution is -1.99. The van der Waals surface area contributed by atoms with Gasteiger partial charge in [-0.05, 0) is 36.6 Å². The molecule has 0 aliphatic carbocycles. The molecule has 0 fully saturated rings. The van der Waals surface area contributed by atoms with Gasteiger partial charge in [-0.2, -0.15) is 0 Å². The second-order valence-corrected chi connectivity index (χ2v) is 3.31. The van der Waals surface area contributed by atoms with Gasteiger partial charge in [0.1, 0.15) is 0 Å². The van der Waals surface area contributed by atoms with E-state index in [0.29, 0.717) is 5.02 Å². The molecule has 2 nitrogen and oxygen atoms in total. The first-order chi connectivity index (χ1) is 7.06. The summed E-state index contributed by atoms with van der Waals surface area (Å²) in [6.07, 6.45) is 0.798. The van der Waals surface area contributed by atoms with Crippen LogP contribution in [0.15, 0.2) is 12.1 Å². The van der Waals surface area contributed by atoms with E-state index in [-0.39, 0.29) is 5.56 Å². The number of carboxylic acids is 1. The van der Waals surface area contributed by atoms with Crippen LogP contribution < -0.4 is 0 Å². The number of aryl methyl sites for hydroxylation is 1. The molecule has 0 heterocycles. The molecule has 0 atom stereocenters. The number of carboxylic acid groups (broad SMARTS) is 1. The molecule has 84 valence electrons. The number of hydrogen-bond acceptors (Lipinski definition) is 1. The minimum Gasteiger partial charge on any atom is -0.478 e. The van der Waals surface area contributed by atoms with Gasteiger partial charge in [0.05, 0.1) is 5.56 Å². The van der Waals surface area contributed by atoms with Crippen LogP contribution in [0.1, 0.15) is 42.3 Å². The minimum atomic E-state index is -0.934. The van der Waals surface area contributed by atoms with Crippen LogP contribution in [-0.2, 0) is 6.42 Å². The van der Waals surface area contributed by atoms with Crippen molar-refractivity contribution in [3.63, 3.8) is 0 Å². The van der Waals surface area contributed by atoms with E-state index in [2.05, 4.69) is 0 Å². The highest BCUT2D eigenvalue weighted by atomic mass is 35.5. The van der Waals surface area contributed by atoms with E-state index in [4.69, 9.17) is 16.7 Å². The second kappa shape index (κ2) is 6.46. The lowest BCUT2D eigenvalue weighted by Gasteiger charge is -2.06. The Morgan fingerprint density at radius 2 is 1.93 bits per heavy atom. The van der Waals surface area contributed by atoms with Crippen molar-refractivity contribution in [3.8, 4) is 0 Å². The minimum absolute atomic E-state index is 0.257. The first-order valence-corrected chi connectivity index (χ1v) is 5.46. The van der Waals surface area contributed by atoms with Crippen LogP contribution in [0.2, 0.25) is 5.02 Å². The fourth-order valence-corrected chi connectivity index (χ4v) is 1.47. The van der Waals surface area contributed by atoms with E-state index in [1.807, 2.05) is 27.7 Å². The van der Waals surface area contributed by atoms with Gasteiger partial charge in [0.2, 0.25) is 0 Å². The van der Waals surface area contributed by atoms with Crippen LogP contribution in [0.3, 0.4) is 0 Å². The van der Waals surface area contributed by atoms with Crippen LogP contribution in [0, 0.1) is 6.92 Å². The molecule has 0 aliphatic heterocycles. The monoisotopic (exact) mass is 228 g/mol. The molecule has 15 heavy (non-hydrogen) atoms. The molecule has 0 aliphatic rings. The molecule has 0 aromatic heterocycles. The highest BCUT2D eigenvalue weighted by molar-refractivity contribution is 6.31. The average Bonchev–Trinajstić information content (AvgIpc) is 2.24. The van der Waals surface area contributed by atoms with Crippen molar-refractivity contribution < 1.29 is 9.90 Å². The predicted molar refractivity (Wildman–Crippen MR) is 63.9 cm³/mol. The molecule has 0 spiro atoms. The topological polar surface area (TPSA) is 37.3 Å². The van der Waals surface area contributed by atoms with Gasteiger partial charge in [-0.15, -0.1) is 0 Å². The van der Waals surface area contributed by atoms with Gasteiger partial charge in [0.25, 0.3) is 0 Å². The molecular formula is C12H17ClO2. The molecule has 0 amide bonds. The Morgan fingerprint density at radius 3 is 2.33 bits per heavy atom. The van der Waals surface area contributed by atoms with Crippen LogP contribution >= 0.6 is 11.6 Å². The zero-order valence-corrected chi connectivity index (χ0v) is 10.4. The van der Waals surface area contributed by atoms with Crippen LogP contribution in [0.4, 0.5) is 0 Å². The number of benzene rings is 1. The molecule has 0 unspecified atom stereocenters. The maximum atomic E-state index is 10.7. The maximum Gasteiger partial charge on any atom is 0.335 e. The number of hydrogen-bond donors (Lipinski definition) is 1. The van der Waals surface area contributed by atoms with Gasteiger partial charge in [0, 0.05) is 5.02 Å². The van der Waals surface area contributed by atoms with Crippen molar-refractivity contribution in [1.29, 1.82) is 0 Å². The van der Waals surface area contributed by atoms with E-state index >= 15 is 0 Å². The van der Waals surface area contributed by atoms with Gasteiger partial charge in [-0.3, -0.25) is 0 Å². The van der Waals surface area contributed by atoms with E-state index in [1.54, 1.807) is 6.07 Å². The first kappa shape index (κ1) is 14.0. The molecular weight excluding hydrogens is 212 g/mol. The van der Waals surface area contributed by atoms with Crippen molar-refractivity contribution >= 4 is 17.6 Å². The van der Waals surface area contributed by atoms with Crippen LogP contribution in [0.5, 0.6) is 0 Å². The third-order valence-corrected chi connectivity index (χ3v) is 2.47. The number of aromatic carboxylic acids is 1. The van der Waals surface area contributed by atoms with Crippen LogP contribution in [-0.4, -0.2) is 11.1 Å². The Bertz CT molecular complexity index is 346. The zero-order valence-electron chi connectivity index (χ0n) is 9.60. The molecule has 3 heteroatoms. The highest BCUT2D eigenvalue weighted by Gasteiger charge is 2.08. The fourth-order valence-electron chi connectivity index (χ4n) is 1.23. The standard InChI is InChI=1S/C10H11ClO2.C2H6/c1-3-7-4-8(10(12)13)5-9(11)6(7)2;1-2/h4-5H,3H2,1-2H3,(H,12,13);1-2H3. The molecule has 1 aromatic carbocycles. The fraction of sp³-hybridized carbons (Fsp3) is 0.417. The quantitative estimate of drug-likeness (QED) is 0.833. The Morgan fingerprint density at radius 1 is 1.40 bits per heavy atom. The lowest BCUT2D eigenvalue weighted by molar-refractivity contribution is 0.0697. The lowest BCUT2D eigenvalue weighted by atomic mass is 10.0. The van der Waals surface area contributed by atoms with Gasteiger partial charge < -0.3 is 5.11 Å². The molecule has 0 saturated heterocycles. The van der Waals surface area contributed by atoms with Crippen molar-refractivity contribution in [1.82, 2.24) is 0 Å². The first-order valence-electron chi connectivity index (χ1n) is 5.08. The summed E-state index contributed by atoms with van der Waals surface area (Å²) in [6.45, 7) is 7.87. The smallest absolute Gasteiger partial charge is 0.335 e. The number of rotatable bonds is 2. The van der Waals surface area contributed by atoms with E-state index < -0.39 is 5.97 Å². The van der Waals surface area contributed by atoms with Crippen molar-refractivity contribution in [2.45, 2.75) is 34.1 Å². The van der Waals surface area contributed by atoms with Crippen molar-refractivity contribution in [2.75, 3.05) is 0 Å². The van der Waals surface area contributed by atoms with Gasteiger partial charge in [-0.1, -0.05) is 32.4 Å². The summed E-state index contributed by atoms with van der Waals surface area (Å²) in [5, 5.41) is 9.29. The van der Waals surface area contributed by atoms with E-state index in [0.717, 1.165) is 17.5 Å². The van der Waals surface area contributed by atoms with Gasteiger partial charge >= 0.3 is 5.97 Å². The molecule has 0 saturated carbocycles. The normalized spacial score (nSPS) is 9.13. The zero-order chi connectivity index (χ0) is 12.0. The van der Waals surface area contributed by atoms with Gasteiger partial charge in [0.15, 0.2) is 0 Å². The molecule has 1 N–H and O–H groups in total. The molecule has 1 rings (SSSR count). The van der Waals surface area contributed by atoms with E-state index in [1.165, 1.54) is 6.07 Å². The maximum absolute atomic E-state index is 10.7.